The monoisotopic (exact) mass is 180 g/mol. The molecule has 3 atom stereocenters. The van der Waals surface area contributed by atoms with E-state index >= 15 is 0 Å². The van der Waals surface area contributed by atoms with Gasteiger partial charge in [-0.15, -0.1) is 0 Å². The van der Waals surface area contributed by atoms with Crippen molar-refractivity contribution < 1.29 is 30.3 Å². The third-order valence-corrected chi connectivity index (χ3v) is 1.60. The van der Waals surface area contributed by atoms with E-state index in [0.29, 0.717) is 0 Å². The zero-order chi connectivity index (χ0) is 8.43. The molecule has 0 aromatic rings. The number of hydrogen-bond acceptors (Lipinski definition) is 5. The third-order valence-electron chi connectivity index (χ3n) is 1.60. The predicted octanol–water partition coefficient (Wildman–Crippen LogP) is -2.81. The summed E-state index contributed by atoms with van der Waals surface area (Å²) in [4.78, 5) is 10.6. The molecule has 0 unspecified atom stereocenters. The minimum atomic E-state index is -1.49. The van der Waals surface area contributed by atoms with Crippen LogP contribution in [0, 0.1) is 0 Å². The van der Waals surface area contributed by atoms with E-state index in [9.17, 15) is 4.79 Å². The molecule has 1 fully saturated rings. The van der Waals surface area contributed by atoms with Crippen molar-refractivity contribution in [1.82, 2.24) is 0 Å². The average Bonchev–Trinajstić information content (AvgIpc) is 1.97. The average molecular weight is 180 g/mol. The molecule has 0 radical (unpaired) electrons. The van der Waals surface area contributed by atoms with Crippen LogP contribution in [0.15, 0.2) is 0 Å². The lowest BCUT2D eigenvalue weighted by Gasteiger charge is -2.28. The van der Waals surface area contributed by atoms with Gasteiger partial charge in [0.15, 0.2) is 5.78 Å². The first-order chi connectivity index (χ1) is 5.15. The van der Waals surface area contributed by atoms with Crippen molar-refractivity contribution in [2.24, 2.45) is 0 Å². The van der Waals surface area contributed by atoms with Crippen molar-refractivity contribution in [3.63, 3.8) is 0 Å². The summed E-state index contributed by atoms with van der Waals surface area (Å²) in [5.41, 5.74) is 0. The number of ether oxygens (including phenoxy) is 1. The molecule has 1 saturated heterocycles. The van der Waals surface area contributed by atoms with Gasteiger partial charge in [-0.1, -0.05) is 0 Å². The van der Waals surface area contributed by atoms with Crippen molar-refractivity contribution in [3.8, 4) is 0 Å². The lowest BCUT2D eigenvalue weighted by molar-refractivity contribution is -0.205. The summed E-state index contributed by atoms with van der Waals surface area (Å²) >= 11 is 0. The fraction of sp³-hybridized carbons (Fsp3) is 0.833. The summed E-state index contributed by atoms with van der Waals surface area (Å²) in [7, 11) is 0. The van der Waals surface area contributed by atoms with E-state index in [0.717, 1.165) is 0 Å². The summed E-state index contributed by atoms with van der Waals surface area (Å²) in [6.07, 6.45) is -3.50. The van der Waals surface area contributed by atoms with Gasteiger partial charge in [0, 0.05) is 6.42 Å². The second kappa shape index (κ2) is 4.48. The van der Waals surface area contributed by atoms with Crippen molar-refractivity contribution in [3.05, 3.63) is 0 Å². The first kappa shape index (κ1) is 11.5. The van der Waals surface area contributed by atoms with Crippen LogP contribution in [0.1, 0.15) is 6.42 Å². The molecule has 12 heavy (non-hydrogen) atoms. The lowest BCUT2D eigenvalue weighted by atomic mass is 10.0. The standard InChI is InChI=1S/C6H10O5.H2O/c7-2-5-3(8)1-4(9)6(10)11-5;/h3,5-8,10H,1-2H2;1H2/t3-,5-,6+;/m1./s1. The first-order valence-electron chi connectivity index (χ1n) is 3.30. The third kappa shape index (κ3) is 2.23. The Morgan fingerprint density at radius 3 is 2.58 bits per heavy atom. The van der Waals surface area contributed by atoms with E-state index < -0.39 is 30.9 Å². The van der Waals surface area contributed by atoms with E-state index in [4.69, 9.17) is 15.3 Å². The van der Waals surface area contributed by atoms with Crippen LogP contribution in [0.2, 0.25) is 0 Å². The van der Waals surface area contributed by atoms with Crippen molar-refractivity contribution in [1.29, 1.82) is 0 Å². The van der Waals surface area contributed by atoms with E-state index in [1.54, 1.807) is 0 Å². The maximum atomic E-state index is 10.6. The van der Waals surface area contributed by atoms with E-state index in [2.05, 4.69) is 4.74 Å². The molecule has 0 aromatic heterocycles. The van der Waals surface area contributed by atoms with Gasteiger partial charge in [0.2, 0.25) is 6.29 Å². The van der Waals surface area contributed by atoms with Gasteiger partial charge in [-0.2, -0.15) is 0 Å². The lowest BCUT2D eigenvalue weighted by Crippen LogP contribution is -2.46. The van der Waals surface area contributed by atoms with Crippen LogP contribution in [0.25, 0.3) is 0 Å². The number of aliphatic hydroxyl groups excluding tert-OH is 3. The molecule has 0 bridgehead atoms. The molecule has 0 spiro atoms. The molecule has 1 rings (SSSR count). The number of ketones is 1. The molecule has 6 nitrogen and oxygen atoms in total. The maximum Gasteiger partial charge on any atom is 0.215 e. The first-order valence-corrected chi connectivity index (χ1v) is 3.30. The van der Waals surface area contributed by atoms with Gasteiger partial charge in [0.05, 0.1) is 12.7 Å². The van der Waals surface area contributed by atoms with Crippen LogP contribution in [0.5, 0.6) is 0 Å². The molecular weight excluding hydrogens is 168 g/mol. The highest BCUT2D eigenvalue weighted by Gasteiger charge is 2.34. The van der Waals surface area contributed by atoms with E-state index in [-0.39, 0.29) is 11.9 Å². The Morgan fingerprint density at radius 2 is 2.08 bits per heavy atom. The molecule has 0 aliphatic carbocycles. The quantitative estimate of drug-likeness (QED) is 0.402. The zero-order valence-corrected chi connectivity index (χ0v) is 6.30. The normalized spacial score (nSPS) is 35.9. The Labute approximate surface area is 68.7 Å². The van der Waals surface area contributed by atoms with Crippen LogP contribution in [0.4, 0.5) is 0 Å². The summed E-state index contributed by atoms with van der Waals surface area (Å²) in [5, 5.41) is 26.4. The SMILES string of the molecule is O.O=C1C[C@@H](O)[C@@H](CO)O[C@@H]1O. The fourth-order valence-electron chi connectivity index (χ4n) is 0.935. The number of carbonyl (C=O) groups is 1. The molecule has 1 aliphatic heterocycles. The molecule has 72 valence electrons. The number of aliphatic hydroxyl groups is 3. The van der Waals surface area contributed by atoms with Crippen LogP contribution in [-0.4, -0.2) is 51.7 Å². The molecule has 6 heteroatoms. The van der Waals surface area contributed by atoms with Crippen molar-refractivity contribution >= 4 is 5.78 Å². The van der Waals surface area contributed by atoms with Gasteiger partial charge in [-0.3, -0.25) is 4.79 Å². The Balaban J connectivity index is 0.00000121. The van der Waals surface area contributed by atoms with Crippen LogP contribution < -0.4 is 0 Å². The Bertz CT molecular complexity index is 158. The Hall–Kier alpha value is -0.530. The van der Waals surface area contributed by atoms with Gasteiger partial charge >= 0.3 is 0 Å². The zero-order valence-electron chi connectivity index (χ0n) is 6.30. The van der Waals surface area contributed by atoms with Crippen LogP contribution in [-0.2, 0) is 9.53 Å². The summed E-state index contributed by atoms with van der Waals surface area (Å²) in [6.45, 7) is -0.397. The molecule has 5 N–H and O–H groups in total. The fourth-order valence-corrected chi connectivity index (χ4v) is 0.935. The largest absolute Gasteiger partial charge is 0.412 e. The van der Waals surface area contributed by atoms with Crippen molar-refractivity contribution in [2.45, 2.75) is 24.9 Å². The van der Waals surface area contributed by atoms with Crippen LogP contribution in [0.3, 0.4) is 0 Å². The second-order valence-electron chi connectivity index (χ2n) is 2.45. The van der Waals surface area contributed by atoms with Gasteiger partial charge in [0.25, 0.3) is 0 Å². The molecule has 1 heterocycles. The van der Waals surface area contributed by atoms with Crippen LogP contribution >= 0.6 is 0 Å². The topological polar surface area (TPSA) is 118 Å². The number of hydrogen-bond donors (Lipinski definition) is 3. The Morgan fingerprint density at radius 1 is 1.50 bits per heavy atom. The Kier molecular flexibility index (Phi) is 4.29. The minimum absolute atomic E-state index is 0. The van der Waals surface area contributed by atoms with Gasteiger partial charge in [0.1, 0.15) is 6.10 Å². The summed E-state index contributed by atoms with van der Waals surface area (Å²) < 4.78 is 4.57. The molecule has 0 saturated carbocycles. The molecule has 1 aliphatic rings. The van der Waals surface area contributed by atoms with Gasteiger partial charge in [-0.05, 0) is 0 Å². The number of carbonyl (C=O) groups excluding carboxylic acids is 1. The molecule has 0 aromatic carbocycles. The predicted molar refractivity (Wildman–Crippen MR) is 37.2 cm³/mol. The smallest absolute Gasteiger partial charge is 0.215 e. The highest BCUT2D eigenvalue weighted by Crippen LogP contribution is 2.14. The van der Waals surface area contributed by atoms with E-state index in [1.165, 1.54) is 0 Å². The summed E-state index contributed by atoms with van der Waals surface area (Å²) in [5.74, 6) is -0.554. The number of rotatable bonds is 1. The molecular formula is C6H12O6. The minimum Gasteiger partial charge on any atom is -0.412 e. The highest BCUT2D eigenvalue weighted by atomic mass is 16.6. The van der Waals surface area contributed by atoms with E-state index in [1.807, 2.05) is 0 Å². The summed E-state index contributed by atoms with van der Waals surface area (Å²) in [6, 6.07) is 0. The molecule has 0 amide bonds. The number of Topliss-reactive ketones (excluding diaryl/α,β-unsaturated/α-hetero) is 1. The highest BCUT2D eigenvalue weighted by molar-refractivity contribution is 5.82. The van der Waals surface area contributed by atoms with Gasteiger partial charge < -0.3 is 25.5 Å². The maximum absolute atomic E-state index is 10.6. The second-order valence-corrected chi connectivity index (χ2v) is 2.45. The van der Waals surface area contributed by atoms with Gasteiger partial charge in [-0.25, -0.2) is 0 Å². The van der Waals surface area contributed by atoms with Crippen molar-refractivity contribution in [2.75, 3.05) is 6.61 Å².